The largest absolute Gasteiger partial charge is 0.508 e. The molecule has 1 aromatic rings. The van der Waals surface area contributed by atoms with Crippen LogP contribution in [0.4, 0.5) is 0 Å². The molecule has 0 spiro atoms. The first-order valence-electron chi connectivity index (χ1n) is 5.53. The highest BCUT2D eigenvalue weighted by atomic mass is 79.9. The summed E-state index contributed by atoms with van der Waals surface area (Å²) < 4.78 is 0.970. The average molecular weight is 286 g/mol. The number of aliphatic hydroxyl groups excluding tert-OH is 1. The summed E-state index contributed by atoms with van der Waals surface area (Å²) in [6.45, 7) is 2.39. The van der Waals surface area contributed by atoms with Crippen LogP contribution in [0.25, 0.3) is 0 Å². The van der Waals surface area contributed by atoms with Crippen molar-refractivity contribution in [3.63, 3.8) is 0 Å². The van der Waals surface area contributed by atoms with Gasteiger partial charge in [0.25, 0.3) is 0 Å². The second kappa shape index (κ2) is 5.17. The number of aliphatic hydroxyl groups is 1. The van der Waals surface area contributed by atoms with Gasteiger partial charge in [0.15, 0.2) is 0 Å². The molecule has 1 heterocycles. The summed E-state index contributed by atoms with van der Waals surface area (Å²) in [6.07, 6.45) is 1.69. The number of aromatic hydroxyl groups is 1. The topological polar surface area (TPSA) is 43.7 Å². The van der Waals surface area contributed by atoms with E-state index in [1.54, 1.807) is 6.07 Å². The standard InChI is InChI=1S/C12H16BrNO2/c13-10-3-4-12(16)9(6-10)7-14-5-1-2-11(15)8-14/h3-4,6,11,15-16H,1-2,5,7-8H2/t11-/m1/s1. The van der Waals surface area contributed by atoms with E-state index in [2.05, 4.69) is 20.8 Å². The Morgan fingerprint density at radius 1 is 1.44 bits per heavy atom. The molecule has 0 radical (unpaired) electrons. The predicted molar refractivity (Wildman–Crippen MR) is 66.3 cm³/mol. The van der Waals surface area contributed by atoms with Crippen molar-refractivity contribution in [2.75, 3.05) is 13.1 Å². The Morgan fingerprint density at radius 3 is 3.00 bits per heavy atom. The number of benzene rings is 1. The van der Waals surface area contributed by atoms with E-state index in [0.717, 1.165) is 29.4 Å². The van der Waals surface area contributed by atoms with Crippen LogP contribution in [0.1, 0.15) is 18.4 Å². The van der Waals surface area contributed by atoms with Gasteiger partial charge in [-0.15, -0.1) is 0 Å². The number of phenolic OH excluding ortho intramolecular Hbond substituents is 1. The van der Waals surface area contributed by atoms with E-state index in [1.807, 2.05) is 12.1 Å². The van der Waals surface area contributed by atoms with Crippen LogP contribution in [0.15, 0.2) is 22.7 Å². The van der Waals surface area contributed by atoms with Crippen LogP contribution in [0.3, 0.4) is 0 Å². The molecule has 0 unspecified atom stereocenters. The first-order chi connectivity index (χ1) is 7.65. The zero-order valence-corrected chi connectivity index (χ0v) is 10.7. The summed E-state index contributed by atoms with van der Waals surface area (Å²) in [7, 11) is 0. The van der Waals surface area contributed by atoms with Crippen molar-refractivity contribution < 1.29 is 10.2 Å². The molecule has 4 heteroatoms. The second-order valence-corrected chi connectivity index (χ2v) is 5.22. The minimum atomic E-state index is -0.219. The van der Waals surface area contributed by atoms with Crippen molar-refractivity contribution in [1.82, 2.24) is 4.90 Å². The molecule has 1 saturated heterocycles. The molecule has 88 valence electrons. The third-order valence-electron chi connectivity index (χ3n) is 2.92. The summed E-state index contributed by atoms with van der Waals surface area (Å²) in [5.41, 5.74) is 0.906. The molecule has 0 bridgehead atoms. The Hall–Kier alpha value is -0.580. The van der Waals surface area contributed by atoms with Gasteiger partial charge in [0.05, 0.1) is 6.10 Å². The second-order valence-electron chi connectivity index (χ2n) is 4.30. The van der Waals surface area contributed by atoms with Crippen molar-refractivity contribution in [3.8, 4) is 5.75 Å². The molecular formula is C12H16BrNO2. The summed E-state index contributed by atoms with van der Waals surface area (Å²) in [6, 6.07) is 5.44. The van der Waals surface area contributed by atoms with Gasteiger partial charge in [-0.3, -0.25) is 4.90 Å². The molecular weight excluding hydrogens is 270 g/mol. The van der Waals surface area contributed by atoms with Gasteiger partial charge in [0.2, 0.25) is 0 Å². The highest BCUT2D eigenvalue weighted by Crippen LogP contribution is 2.24. The lowest BCUT2D eigenvalue weighted by atomic mass is 10.1. The molecule has 1 aromatic carbocycles. The molecule has 1 fully saturated rings. The van der Waals surface area contributed by atoms with Crippen molar-refractivity contribution in [1.29, 1.82) is 0 Å². The first-order valence-corrected chi connectivity index (χ1v) is 6.32. The summed E-state index contributed by atoms with van der Waals surface area (Å²) in [5, 5.41) is 19.3. The van der Waals surface area contributed by atoms with Gasteiger partial charge in [-0.2, -0.15) is 0 Å². The van der Waals surface area contributed by atoms with Gasteiger partial charge in [-0.25, -0.2) is 0 Å². The van der Waals surface area contributed by atoms with E-state index in [-0.39, 0.29) is 6.10 Å². The SMILES string of the molecule is Oc1ccc(Br)cc1CN1CCC[C@@H](O)C1. The smallest absolute Gasteiger partial charge is 0.120 e. The van der Waals surface area contributed by atoms with E-state index in [1.165, 1.54) is 0 Å². The van der Waals surface area contributed by atoms with E-state index < -0.39 is 0 Å². The van der Waals surface area contributed by atoms with E-state index >= 15 is 0 Å². The van der Waals surface area contributed by atoms with Crippen LogP contribution < -0.4 is 0 Å². The van der Waals surface area contributed by atoms with Gasteiger partial charge in [-0.1, -0.05) is 15.9 Å². The normalized spacial score (nSPS) is 22.2. The van der Waals surface area contributed by atoms with E-state index in [0.29, 0.717) is 18.8 Å². The number of halogens is 1. The van der Waals surface area contributed by atoms with Gasteiger partial charge in [0, 0.05) is 23.1 Å². The number of likely N-dealkylation sites (tertiary alicyclic amines) is 1. The zero-order chi connectivity index (χ0) is 11.5. The van der Waals surface area contributed by atoms with Crippen molar-refractivity contribution >= 4 is 15.9 Å². The fourth-order valence-electron chi connectivity index (χ4n) is 2.10. The minimum Gasteiger partial charge on any atom is -0.508 e. The zero-order valence-electron chi connectivity index (χ0n) is 9.06. The highest BCUT2D eigenvalue weighted by molar-refractivity contribution is 9.10. The third kappa shape index (κ3) is 2.97. The molecule has 0 aliphatic carbocycles. The fraction of sp³-hybridized carbons (Fsp3) is 0.500. The summed E-state index contributed by atoms with van der Waals surface area (Å²) in [5.74, 6) is 0.322. The molecule has 1 aliphatic heterocycles. The number of rotatable bonds is 2. The number of phenols is 1. The Morgan fingerprint density at radius 2 is 2.25 bits per heavy atom. The summed E-state index contributed by atoms with van der Waals surface area (Å²) >= 11 is 3.39. The molecule has 1 atom stereocenters. The number of β-amino-alcohol motifs (C(OH)–C–C–N with tert-alkyl or cyclic N) is 1. The van der Waals surface area contributed by atoms with E-state index in [4.69, 9.17) is 0 Å². The van der Waals surface area contributed by atoms with Crippen molar-refractivity contribution in [3.05, 3.63) is 28.2 Å². The predicted octanol–water partition coefficient (Wildman–Crippen LogP) is 2.11. The molecule has 16 heavy (non-hydrogen) atoms. The van der Waals surface area contributed by atoms with Gasteiger partial charge in [0.1, 0.15) is 5.75 Å². The van der Waals surface area contributed by atoms with Crippen LogP contribution in [0.2, 0.25) is 0 Å². The van der Waals surface area contributed by atoms with E-state index in [9.17, 15) is 10.2 Å². The molecule has 0 amide bonds. The molecule has 0 saturated carbocycles. The van der Waals surface area contributed by atoms with Crippen LogP contribution >= 0.6 is 15.9 Å². The Kier molecular flexibility index (Phi) is 3.84. The number of hydrogen-bond acceptors (Lipinski definition) is 3. The van der Waals surface area contributed by atoms with Crippen LogP contribution in [0.5, 0.6) is 5.75 Å². The molecule has 3 nitrogen and oxygen atoms in total. The third-order valence-corrected chi connectivity index (χ3v) is 3.41. The Bertz CT molecular complexity index is 370. The van der Waals surface area contributed by atoms with Crippen molar-refractivity contribution in [2.45, 2.75) is 25.5 Å². The van der Waals surface area contributed by atoms with Crippen LogP contribution in [-0.2, 0) is 6.54 Å². The number of nitrogens with zero attached hydrogens (tertiary/aromatic N) is 1. The quantitative estimate of drug-likeness (QED) is 0.875. The lowest BCUT2D eigenvalue weighted by molar-refractivity contribution is 0.0664. The molecule has 0 aromatic heterocycles. The number of piperidine rings is 1. The number of hydrogen-bond donors (Lipinski definition) is 2. The molecule has 1 aliphatic rings. The molecule has 2 N–H and O–H groups in total. The highest BCUT2D eigenvalue weighted by Gasteiger charge is 2.18. The van der Waals surface area contributed by atoms with Crippen LogP contribution in [0, 0.1) is 0 Å². The van der Waals surface area contributed by atoms with Gasteiger partial charge >= 0.3 is 0 Å². The Balaban J connectivity index is 2.05. The van der Waals surface area contributed by atoms with Crippen LogP contribution in [-0.4, -0.2) is 34.3 Å². The first kappa shape index (κ1) is 11.9. The van der Waals surface area contributed by atoms with Gasteiger partial charge in [-0.05, 0) is 37.6 Å². The fourth-order valence-corrected chi connectivity index (χ4v) is 2.50. The maximum absolute atomic E-state index is 9.72. The average Bonchev–Trinajstić information content (AvgIpc) is 2.24. The monoisotopic (exact) mass is 285 g/mol. The van der Waals surface area contributed by atoms with Crippen molar-refractivity contribution in [2.24, 2.45) is 0 Å². The Labute approximate surface area is 104 Å². The lowest BCUT2D eigenvalue weighted by Gasteiger charge is -2.30. The maximum Gasteiger partial charge on any atom is 0.120 e. The summed E-state index contributed by atoms with van der Waals surface area (Å²) in [4.78, 5) is 2.18. The molecule has 2 rings (SSSR count). The maximum atomic E-state index is 9.72. The minimum absolute atomic E-state index is 0.219. The lowest BCUT2D eigenvalue weighted by Crippen LogP contribution is -2.37. The van der Waals surface area contributed by atoms with Gasteiger partial charge < -0.3 is 10.2 Å².